The zero-order valence-corrected chi connectivity index (χ0v) is 47.6. The molecule has 1 saturated heterocycles. The molecule has 0 aliphatic carbocycles. The quantitative estimate of drug-likeness (QED) is 0.0119. The number of hydrogen-bond donors (Lipinski definition) is 0. The summed E-state index contributed by atoms with van der Waals surface area (Å²) in [6.07, 6.45) is 7.67. The van der Waals surface area contributed by atoms with Gasteiger partial charge in [-0.05, 0) is 96.8 Å². The molecule has 0 amide bonds. The van der Waals surface area contributed by atoms with Crippen LogP contribution in [0.1, 0.15) is 98.0 Å². The van der Waals surface area contributed by atoms with Gasteiger partial charge in [-0.3, -0.25) is 0 Å². The molecule has 1 unspecified atom stereocenters. The summed E-state index contributed by atoms with van der Waals surface area (Å²) in [7, 11) is -5.19. The Bertz CT molecular complexity index is 2160. The monoisotopic (exact) mass is 1000 g/mol. The summed E-state index contributed by atoms with van der Waals surface area (Å²) in [6.45, 7) is 33.9. The Morgan fingerprint density at radius 2 is 1.43 bits per heavy atom. The fourth-order valence-corrected chi connectivity index (χ4v) is 14.9. The minimum atomic E-state index is -2.82. The first-order valence-electron chi connectivity index (χ1n) is 24.5. The smallest absolute Gasteiger partial charge is 0.342 e. The second-order valence-corrected chi connectivity index (χ2v) is 37.0. The number of methoxy groups -OCH3 is 1. The van der Waals surface area contributed by atoms with Crippen molar-refractivity contribution in [1.82, 2.24) is 0 Å². The minimum Gasteiger partial charge on any atom is -0.493 e. The van der Waals surface area contributed by atoms with Crippen molar-refractivity contribution in [3.8, 4) is 11.5 Å². The van der Waals surface area contributed by atoms with E-state index in [1.807, 2.05) is 26.0 Å². The Balaban J connectivity index is 1.75. The second-order valence-electron chi connectivity index (χ2n) is 22.4. The predicted octanol–water partition coefficient (Wildman–Crippen LogP) is 12.7. The Labute approximate surface area is 417 Å². The number of azide groups is 1. The number of rotatable bonds is 25. The highest BCUT2D eigenvalue weighted by Crippen LogP contribution is 2.42. The molecule has 1 fully saturated rings. The van der Waals surface area contributed by atoms with E-state index in [0.717, 1.165) is 6.04 Å². The van der Waals surface area contributed by atoms with Gasteiger partial charge in [0.2, 0.25) is 0 Å². The summed E-state index contributed by atoms with van der Waals surface area (Å²) in [6, 6.07) is 25.8. The lowest BCUT2D eigenvalue weighted by Crippen LogP contribution is -2.67. The molecule has 15 heteroatoms. The topological polar surface area (TPSA) is 140 Å². The molecule has 0 N–H and O–H groups in total. The summed E-state index contributed by atoms with van der Waals surface area (Å²) in [5.41, 5.74) is 9.55. The van der Waals surface area contributed by atoms with Crippen molar-refractivity contribution in [3.05, 3.63) is 113 Å². The van der Waals surface area contributed by atoms with E-state index in [4.69, 9.17) is 42.8 Å². The van der Waals surface area contributed by atoms with Crippen LogP contribution in [0.4, 0.5) is 0 Å². The standard InChI is InChI=1S/C54H83N3O9Si3/c1-40(41(2)65-69(53(6,7)8,42-25-19-17-20-26-42)43-27-21-18-22-28-43)31-32-48(66-68(15,16)52(3,4)5)50-47(63-54(9,10)64-50)30-23-29-44-45(60-36-24-35-56-57-55)33-34-46(62-39-59-11)49(44)51(58)61-37-38-67(12,13)14/h17-23,25-29,31-34,40-41,47-48,50H,24,30,35-39H2,1-16H3/b29-23+,32-31-/t40-,41-,47+,48?,50+/m1/s1. The van der Waals surface area contributed by atoms with Gasteiger partial charge in [-0.15, -0.1) is 0 Å². The zero-order valence-electron chi connectivity index (χ0n) is 44.6. The minimum absolute atomic E-state index is 0.00694. The predicted molar refractivity (Wildman–Crippen MR) is 288 cm³/mol. The summed E-state index contributed by atoms with van der Waals surface area (Å²) in [5, 5.41) is 5.88. The van der Waals surface area contributed by atoms with Gasteiger partial charge >= 0.3 is 5.97 Å². The summed E-state index contributed by atoms with van der Waals surface area (Å²) >= 11 is 0. The van der Waals surface area contributed by atoms with Crippen molar-refractivity contribution in [3.63, 3.8) is 0 Å². The third-order valence-electron chi connectivity index (χ3n) is 13.1. The van der Waals surface area contributed by atoms with Crippen LogP contribution < -0.4 is 19.8 Å². The van der Waals surface area contributed by atoms with E-state index in [1.165, 1.54) is 17.5 Å². The number of ether oxygens (including phenoxy) is 6. The molecular formula is C54H83N3O9Si3. The number of hydrogen-bond acceptors (Lipinski definition) is 10. The Morgan fingerprint density at radius 1 is 0.826 bits per heavy atom. The van der Waals surface area contributed by atoms with E-state index >= 15 is 0 Å². The van der Waals surface area contributed by atoms with Gasteiger partial charge in [-0.1, -0.05) is 158 Å². The number of carbonyl (C=O) groups excluding carboxylic acids is 1. The van der Waals surface area contributed by atoms with Gasteiger partial charge in [0.1, 0.15) is 23.2 Å². The molecule has 5 atom stereocenters. The van der Waals surface area contributed by atoms with Crippen LogP contribution in [-0.4, -0.2) is 94.5 Å². The highest BCUT2D eigenvalue weighted by Gasteiger charge is 2.52. The van der Waals surface area contributed by atoms with Crippen molar-refractivity contribution in [2.24, 2.45) is 11.0 Å². The van der Waals surface area contributed by atoms with Crippen molar-refractivity contribution < 1.29 is 42.1 Å². The maximum absolute atomic E-state index is 14.1. The highest BCUT2D eigenvalue weighted by atomic mass is 28.4. The Morgan fingerprint density at radius 3 is 1.99 bits per heavy atom. The molecule has 0 aromatic heterocycles. The molecular weight excluding hydrogens is 919 g/mol. The lowest BCUT2D eigenvalue weighted by atomic mass is 9.99. The van der Waals surface area contributed by atoms with Crippen molar-refractivity contribution >= 4 is 47.1 Å². The molecule has 0 saturated carbocycles. The number of benzene rings is 3. The molecule has 1 heterocycles. The summed E-state index contributed by atoms with van der Waals surface area (Å²) in [4.78, 5) is 16.9. The van der Waals surface area contributed by atoms with Gasteiger partial charge < -0.3 is 37.3 Å². The van der Waals surface area contributed by atoms with Gasteiger partial charge in [-0.25, -0.2) is 4.79 Å². The first kappa shape index (κ1) is 57.5. The van der Waals surface area contributed by atoms with Crippen LogP contribution in [-0.2, 0) is 27.8 Å². The average Bonchev–Trinajstić information content (AvgIpc) is 3.58. The summed E-state index contributed by atoms with van der Waals surface area (Å²) in [5.74, 6) is -0.650. The molecule has 0 bridgehead atoms. The molecule has 69 heavy (non-hydrogen) atoms. The lowest BCUT2D eigenvalue weighted by molar-refractivity contribution is -0.151. The van der Waals surface area contributed by atoms with E-state index < -0.39 is 54.8 Å². The van der Waals surface area contributed by atoms with Crippen LogP contribution in [0.25, 0.3) is 16.5 Å². The van der Waals surface area contributed by atoms with Crippen molar-refractivity contribution in [2.45, 2.75) is 161 Å². The maximum atomic E-state index is 14.1. The van der Waals surface area contributed by atoms with Crippen molar-refractivity contribution in [2.75, 3.05) is 33.7 Å². The molecule has 0 radical (unpaired) electrons. The molecule has 12 nitrogen and oxygen atoms in total. The highest BCUT2D eigenvalue weighted by molar-refractivity contribution is 6.99. The lowest BCUT2D eigenvalue weighted by Gasteiger charge is -2.45. The van der Waals surface area contributed by atoms with Crippen LogP contribution in [0.5, 0.6) is 11.5 Å². The van der Waals surface area contributed by atoms with Gasteiger partial charge in [0, 0.05) is 38.3 Å². The number of nitrogens with zero attached hydrogens (tertiary/aromatic N) is 3. The van der Waals surface area contributed by atoms with Crippen LogP contribution in [0.2, 0.25) is 48.9 Å². The molecule has 4 rings (SSSR count). The summed E-state index contributed by atoms with van der Waals surface area (Å²) < 4.78 is 51.8. The Hall–Kier alpha value is -4.03. The Kier molecular flexibility index (Phi) is 20.8. The van der Waals surface area contributed by atoms with Crippen molar-refractivity contribution in [1.29, 1.82) is 0 Å². The normalized spacial score (nSPS) is 18.2. The van der Waals surface area contributed by atoms with E-state index in [1.54, 1.807) is 12.1 Å². The molecule has 1 aliphatic rings. The van der Waals surface area contributed by atoms with Gasteiger partial charge in [-0.2, -0.15) is 0 Å². The van der Waals surface area contributed by atoms with Gasteiger partial charge in [0.15, 0.2) is 20.9 Å². The fourth-order valence-electron chi connectivity index (χ4n) is 8.10. The third-order valence-corrected chi connectivity index (χ3v) is 24.4. The van der Waals surface area contributed by atoms with E-state index in [0.29, 0.717) is 29.9 Å². The second kappa shape index (κ2) is 24.9. The molecule has 1 aliphatic heterocycles. The molecule has 3 aromatic carbocycles. The largest absolute Gasteiger partial charge is 0.493 e. The first-order valence-corrected chi connectivity index (χ1v) is 33.1. The average molecular weight is 1000 g/mol. The maximum Gasteiger partial charge on any atom is 0.342 e. The van der Waals surface area contributed by atoms with Crippen LogP contribution in [0, 0.1) is 5.92 Å². The number of carbonyl (C=O) groups is 1. The molecule has 3 aromatic rings. The first-order chi connectivity index (χ1) is 32.3. The number of esters is 1. The zero-order chi connectivity index (χ0) is 51.3. The van der Waals surface area contributed by atoms with E-state index in [9.17, 15) is 4.79 Å². The SMILES string of the molecule is COCOc1ccc(OCCCN=[N+]=[N-])c(/C=C/C[C@@H]2OC(C)(C)O[C@@H]2C(/C=C\[C@@H](C)[C@@H](C)O[Si](c2ccccc2)(c2ccccc2)C(C)(C)C)O[Si](C)(C)C(C)(C)C)c1C(=O)OCC[Si](C)(C)C. The molecule has 0 spiro atoms. The third kappa shape index (κ3) is 16.0. The van der Waals surface area contributed by atoms with Crippen LogP contribution in [0.3, 0.4) is 0 Å². The van der Waals surface area contributed by atoms with Crippen LogP contribution >= 0.6 is 0 Å². The fraction of sp³-hybridized carbons (Fsp3) is 0.574. The van der Waals surface area contributed by atoms with Gasteiger partial charge in [0.05, 0.1) is 25.4 Å². The van der Waals surface area contributed by atoms with Gasteiger partial charge in [0.25, 0.3) is 8.32 Å². The van der Waals surface area contributed by atoms with E-state index in [-0.39, 0.29) is 54.2 Å². The van der Waals surface area contributed by atoms with E-state index in [2.05, 4.69) is 171 Å². The van der Waals surface area contributed by atoms with Crippen LogP contribution in [0.15, 0.2) is 96.1 Å². The molecule has 380 valence electrons.